The van der Waals surface area contributed by atoms with Crippen molar-refractivity contribution in [3.05, 3.63) is 95.6 Å². The summed E-state index contributed by atoms with van der Waals surface area (Å²) in [6.07, 6.45) is 4.59. The number of nitrogens with zero attached hydrogens (tertiary/aromatic N) is 7. The fourth-order valence-corrected chi connectivity index (χ4v) is 4.47. The number of hydrogen-bond donors (Lipinski definition) is 0. The standard InChI is InChI=1S/C31H33N7O5/c1-4-36(15-16-41-3)29(39)24-13-11-22(12-14-24)18-37-21-32-27-26(37)28(43-20-23-9-7-6-8-10-23)35-31(34-27)38-19-25(17-33-38)30(40)42-5-2/h6-14,17,19,21H,4-5,15-16,18,20H2,1-3H3. The number of carbonyl (C=O) groups excluding carboxylic acids is 2. The van der Waals surface area contributed by atoms with Gasteiger partial charge in [0.05, 0.1) is 31.3 Å². The molecule has 0 saturated heterocycles. The molecule has 0 saturated carbocycles. The number of amides is 1. The molecule has 43 heavy (non-hydrogen) atoms. The normalized spacial score (nSPS) is 11.0. The zero-order valence-electron chi connectivity index (χ0n) is 24.3. The third-order valence-corrected chi connectivity index (χ3v) is 6.73. The number of hydrogen-bond acceptors (Lipinski definition) is 9. The molecule has 12 nitrogen and oxygen atoms in total. The van der Waals surface area contributed by atoms with Crippen molar-refractivity contribution in [2.75, 3.05) is 33.4 Å². The molecule has 0 aliphatic carbocycles. The summed E-state index contributed by atoms with van der Waals surface area (Å²) >= 11 is 0. The van der Waals surface area contributed by atoms with E-state index in [1.807, 2.05) is 66.1 Å². The van der Waals surface area contributed by atoms with Gasteiger partial charge in [-0.25, -0.2) is 14.5 Å². The minimum Gasteiger partial charge on any atom is -0.471 e. The van der Waals surface area contributed by atoms with E-state index in [9.17, 15) is 9.59 Å². The van der Waals surface area contributed by atoms with E-state index in [-0.39, 0.29) is 30.6 Å². The molecule has 0 atom stereocenters. The number of rotatable bonds is 13. The molecule has 0 fully saturated rings. The Balaban J connectivity index is 1.44. The van der Waals surface area contributed by atoms with Crippen molar-refractivity contribution in [1.82, 2.24) is 34.2 Å². The van der Waals surface area contributed by atoms with Crippen LogP contribution >= 0.6 is 0 Å². The molecule has 0 bridgehead atoms. The van der Waals surface area contributed by atoms with Crippen molar-refractivity contribution in [3.63, 3.8) is 0 Å². The van der Waals surface area contributed by atoms with Crippen LogP contribution in [0.2, 0.25) is 0 Å². The lowest BCUT2D eigenvalue weighted by atomic mass is 10.1. The zero-order chi connectivity index (χ0) is 30.2. The minimum atomic E-state index is -0.482. The van der Waals surface area contributed by atoms with Crippen LogP contribution in [-0.2, 0) is 22.6 Å². The van der Waals surface area contributed by atoms with Gasteiger partial charge in [-0.1, -0.05) is 42.5 Å². The first-order valence-corrected chi connectivity index (χ1v) is 14.0. The van der Waals surface area contributed by atoms with Gasteiger partial charge in [0.1, 0.15) is 6.61 Å². The van der Waals surface area contributed by atoms with Crippen LogP contribution < -0.4 is 4.74 Å². The minimum absolute atomic E-state index is 0.0403. The Morgan fingerprint density at radius 3 is 2.47 bits per heavy atom. The molecular formula is C31H33N7O5. The van der Waals surface area contributed by atoms with Gasteiger partial charge in [0.2, 0.25) is 5.88 Å². The van der Waals surface area contributed by atoms with E-state index in [0.717, 1.165) is 11.1 Å². The Kier molecular flexibility index (Phi) is 9.37. The van der Waals surface area contributed by atoms with Crippen molar-refractivity contribution >= 4 is 23.0 Å². The van der Waals surface area contributed by atoms with E-state index in [2.05, 4.69) is 20.1 Å². The lowest BCUT2D eigenvalue weighted by Crippen LogP contribution is -2.33. The zero-order valence-corrected chi connectivity index (χ0v) is 24.3. The van der Waals surface area contributed by atoms with Gasteiger partial charge in [-0.05, 0) is 37.1 Å². The number of fused-ring (bicyclic) bond motifs is 1. The molecule has 0 radical (unpaired) electrons. The maximum absolute atomic E-state index is 12.9. The van der Waals surface area contributed by atoms with Gasteiger partial charge in [-0.3, -0.25) is 4.79 Å². The lowest BCUT2D eigenvalue weighted by molar-refractivity contribution is 0.0526. The Morgan fingerprint density at radius 2 is 1.74 bits per heavy atom. The molecule has 0 unspecified atom stereocenters. The molecule has 3 aromatic heterocycles. The smallest absolute Gasteiger partial charge is 0.341 e. The number of imidazole rings is 1. The topological polar surface area (TPSA) is 126 Å². The summed E-state index contributed by atoms with van der Waals surface area (Å²) in [5, 5.41) is 4.25. The molecule has 3 heterocycles. The summed E-state index contributed by atoms with van der Waals surface area (Å²) in [6, 6.07) is 17.2. The van der Waals surface area contributed by atoms with E-state index in [4.69, 9.17) is 14.2 Å². The van der Waals surface area contributed by atoms with Gasteiger partial charge in [-0.2, -0.15) is 15.1 Å². The highest BCUT2D eigenvalue weighted by Crippen LogP contribution is 2.25. The lowest BCUT2D eigenvalue weighted by Gasteiger charge is -2.20. The van der Waals surface area contributed by atoms with Crippen LogP contribution in [0.1, 0.15) is 45.7 Å². The highest BCUT2D eigenvalue weighted by Gasteiger charge is 2.19. The summed E-state index contributed by atoms with van der Waals surface area (Å²) in [7, 11) is 1.62. The Morgan fingerprint density at radius 1 is 0.953 bits per heavy atom. The highest BCUT2D eigenvalue weighted by molar-refractivity contribution is 5.94. The van der Waals surface area contributed by atoms with E-state index in [1.165, 1.54) is 17.1 Å². The summed E-state index contributed by atoms with van der Waals surface area (Å²) < 4.78 is 19.7. The van der Waals surface area contributed by atoms with E-state index >= 15 is 0 Å². The summed E-state index contributed by atoms with van der Waals surface area (Å²) in [5.74, 6) is -0.00237. The molecule has 0 aliphatic heterocycles. The largest absolute Gasteiger partial charge is 0.471 e. The third kappa shape index (κ3) is 6.87. The second kappa shape index (κ2) is 13.7. The van der Waals surface area contributed by atoms with Gasteiger partial charge >= 0.3 is 5.97 Å². The molecule has 222 valence electrons. The molecule has 12 heteroatoms. The number of ether oxygens (including phenoxy) is 3. The molecule has 0 N–H and O–H groups in total. The Bertz CT molecular complexity index is 1680. The predicted octanol–water partition coefficient (Wildman–Crippen LogP) is 3.92. The second-order valence-electron chi connectivity index (χ2n) is 9.62. The van der Waals surface area contributed by atoms with Crippen molar-refractivity contribution in [2.45, 2.75) is 27.0 Å². The summed E-state index contributed by atoms with van der Waals surface area (Å²) in [4.78, 5) is 40.6. The van der Waals surface area contributed by atoms with Crippen molar-refractivity contribution < 1.29 is 23.8 Å². The summed E-state index contributed by atoms with van der Waals surface area (Å²) in [6.45, 7) is 6.28. The second-order valence-corrected chi connectivity index (χ2v) is 9.62. The van der Waals surface area contributed by atoms with E-state index in [1.54, 1.807) is 25.3 Å². The fraction of sp³-hybridized carbons (Fsp3) is 0.290. The third-order valence-electron chi connectivity index (χ3n) is 6.73. The van der Waals surface area contributed by atoms with E-state index in [0.29, 0.717) is 48.8 Å². The molecule has 5 rings (SSSR count). The van der Waals surface area contributed by atoms with Crippen molar-refractivity contribution in [2.24, 2.45) is 0 Å². The number of benzene rings is 2. The molecule has 0 spiro atoms. The summed E-state index contributed by atoms with van der Waals surface area (Å²) in [5.41, 5.74) is 3.83. The van der Waals surface area contributed by atoms with Gasteiger partial charge in [-0.15, -0.1) is 0 Å². The fourth-order valence-electron chi connectivity index (χ4n) is 4.47. The van der Waals surface area contributed by atoms with Gasteiger partial charge in [0.25, 0.3) is 11.9 Å². The average Bonchev–Trinajstić information content (AvgIpc) is 3.69. The van der Waals surface area contributed by atoms with Gasteiger partial charge < -0.3 is 23.7 Å². The van der Waals surface area contributed by atoms with Crippen LogP contribution in [0.4, 0.5) is 0 Å². The number of esters is 1. The van der Waals surface area contributed by atoms with Crippen LogP contribution in [-0.4, -0.2) is 79.5 Å². The van der Waals surface area contributed by atoms with Crippen LogP contribution in [0, 0.1) is 0 Å². The van der Waals surface area contributed by atoms with Crippen LogP contribution in [0.3, 0.4) is 0 Å². The Hall–Kier alpha value is -5.10. The molecule has 1 amide bonds. The molecular weight excluding hydrogens is 550 g/mol. The maximum atomic E-state index is 12.9. The molecule has 5 aromatic rings. The number of likely N-dealkylation sites (N-methyl/N-ethyl adjacent to an activating group) is 1. The van der Waals surface area contributed by atoms with Crippen LogP contribution in [0.5, 0.6) is 5.88 Å². The van der Waals surface area contributed by atoms with Crippen molar-refractivity contribution in [1.29, 1.82) is 0 Å². The highest BCUT2D eigenvalue weighted by atomic mass is 16.5. The Labute approximate surface area is 248 Å². The monoisotopic (exact) mass is 583 g/mol. The van der Waals surface area contributed by atoms with Gasteiger partial charge in [0, 0.05) is 38.5 Å². The molecule has 2 aromatic carbocycles. The number of methoxy groups -OCH3 is 1. The molecule has 0 aliphatic rings. The first-order chi connectivity index (χ1) is 21.0. The SMILES string of the molecule is CCOC(=O)c1cnn(-c2nc(OCc3ccccc3)c3c(ncn3Cc3ccc(C(=O)N(CC)CCOC)cc3)n2)c1. The first-order valence-electron chi connectivity index (χ1n) is 14.0. The quantitative estimate of drug-likeness (QED) is 0.190. The van der Waals surface area contributed by atoms with Crippen LogP contribution in [0.25, 0.3) is 17.1 Å². The van der Waals surface area contributed by atoms with E-state index < -0.39 is 5.97 Å². The maximum Gasteiger partial charge on any atom is 0.341 e. The van der Waals surface area contributed by atoms with Crippen LogP contribution in [0.15, 0.2) is 73.3 Å². The van der Waals surface area contributed by atoms with Crippen molar-refractivity contribution in [3.8, 4) is 11.8 Å². The number of carbonyl (C=O) groups is 2. The number of aromatic nitrogens is 6. The average molecular weight is 584 g/mol. The van der Waals surface area contributed by atoms with Gasteiger partial charge in [0.15, 0.2) is 11.2 Å². The predicted molar refractivity (Wildman–Crippen MR) is 158 cm³/mol. The first kappa shape index (κ1) is 29.4.